The number of para-hydroxylation sites is 2. The van der Waals surface area contributed by atoms with Gasteiger partial charge in [-0.2, -0.15) is 0 Å². The summed E-state index contributed by atoms with van der Waals surface area (Å²) in [6, 6.07) is 78.3. The minimum absolute atomic E-state index is 0.313. The van der Waals surface area contributed by atoms with Crippen LogP contribution in [0.5, 0.6) is 0 Å². The van der Waals surface area contributed by atoms with Gasteiger partial charge < -0.3 is 9.80 Å². The summed E-state index contributed by atoms with van der Waals surface area (Å²) in [6.45, 7) is 8.26. The molecule has 12 rings (SSSR count). The van der Waals surface area contributed by atoms with Gasteiger partial charge >= 0.3 is 0 Å². The molecular formula is C68H50F2N2. The van der Waals surface area contributed by atoms with E-state index in [4.69, 9.17) is 0 Å². The largest absolute Gasteiger partial charge is 0.307 e. The number of anilines is 6. The van der Waals surface area contributed by atoms with E-state index in [1.165, 1.54) is 0 Å². The smallest absolute Gasteiger partial charge is 0.155 e. The zero-order valence-electron chi connectivity index (χ0n) is 40.6. The van der Waals surface area contributed by atoms with Crippen molar-refractivity contribution in [2.75, 3.05) is 9.80 Å². The molecule has 0 heterocycles. The third kappa shape index (κ3) is 7.92. The van der Waals surface area contributed by atoms with Crippen LogP contribution < -0.4 is 9.80 Å². The Kier molecular flexibility index (Phi) is 11.2. The summed E-state index contributed by atoms with van der Waals surface area (Å²) >= 11 is 0. The maximum Gasteiger partial charge on any atom is 0.155 e. The lowest BCUT2D eigenvalue weighted by Gasteiger charge is -2.30. The van der Waals surface area contributed by atoms with Crippen LogP contribution in [-0.4, -0.2) is 0 Å². The third-order valence-electron chi connectivity index (χ3n) is 14.1. The summed E-state index contributed by atoms with van der Waals surface area (Å²) in [7, 11) is 0. The van der Waals surface area contributed by atoms with Gasteiger partial charge in [-0.05, 0) is 143 Å². The van der Waals surface area contributed by atoms with Gasteiger partial charge in [0.15, 0.2) is 11.6 Å². The second-order valence-corrected chi connectivity index (χ2v) is 19.1. The van der Waals surface area contributed by atoms with Crippen LogP contribution in [0.25, 0.3) is 76.8 Å². The molecule has 72 heavy (non-hydrogen) atoms. The Bertz CT molecular complexity index is 3750. The SMILES string of the molecule is Cc1cccc(-c2cc(-c3cccc(C)c3)c(F)c(N(c3ccccc3)c3ccc4ccc5c(N(c6ccccc6)c6cc(-c7cccc(C)c7)cc(-c7cccc(C)c7)c6F)ccc6ccc3c4c65)c2)c1. The van der Waals surface area contributed by atoms with E-state index < -0.39 is 0 Å². The highest BCUT2D eigenvalue weighted by molar-refractivity contribution is 6.28. The van der Waals surface area contributed by atoms with E-state index in [0.717, 1.165) is 111 Å². The highest BCUT2D eigenvalue weighted by Gasteiger charge is 2.27. The molecule has 346 valence electrons. The number of hydrogen-bond donors (Lipinski definition) is 0. The normalized spacial score (nSPS) is 11.5. The van der Waals surface area contributed by atoms with Gasteiger partial charge in [0.05, 0.1) is 22.7 Å². The molecule has 0 radical (unpaired) electrons. The molecule has 0 atom stereocenters. The van der Waals surface area contributed by atoms with Crippen LogP contribution >= 0.6 is 0 Å². The van der Waals surface area contributed by atoms with E-state index in [0.29, 0.717) is 22.5 Å². The number of aryl methyl sites for hydroxylation is 4. The molecule has 0 fully saturated rings. The molecule has 0 saturated carbocycles. The summed E-state index contributed by atoms with van der Waals surface area (Å²) < 4.78 is 36.0. The molecule has 2 nitrogen and oxygen atoms in total. The van der Waals surface area contributed by atoms with Gasteiger partial charge in [0.25, 0.3) is 0 Å². The van der Waals surface area contributed by atoms with Crippen LogP contribution in [0, 0.1) is 39.3 Å². The van der Waals surface area contributed by atoms with Gasteiger partial charge in [0.2, 0.25) is 0 Å². The van der Waals surface area contributed by atoms with Gasteiger partial charge in [0, 0.05) is 33.3 Å². The van der Waals surface area contributed by atoms with E-state index in [1.54, 1.807) is 0 Å². The average Bonchev–Trinajstić information content (AvgIpc) is 3.40. The molecule has 4 heteroatoms. The number of rotatable bonds is 10. The fraction of sp³-hybridized carbons (Fsp3) is 0.0588. The van der Waals surface area contributed by atoms with Gasteiger partial charge in [-0.3, -0.25) is 0 Å². The van der Waals surface area contributed by atoms with Gasteiger partial charge in [-0.15, -0.1) is 0 Å². The topological polar surface area (TPSA) is 6.48 Å². The van der Waals surface area contributed by atoms with Crippen molar-refractivity contribution in [2.45, 2.75) is 27.7 Å². The molecule has 0 aliphatic carbocycles. The lowest BCUT2D eigenvalue weighted by atomic mass is 9.91. The highest BCUT2D eigenvalue weighted by Crippen LogP contribution is 2.50. The monoisotopic (exact) mass is 932 g/mol. The van der Waals surface area contributed by atoms with Crippen LogP contribution in [0.1, 0.15) is 22.3 Å². The van der Waals surface area contributed by atoms with Crippen molar-refractivity contribution >= 4 is 66.4 Å². The van der Waals surface area contributed by atoms with Crippen molar-refractivity contribution < 1.29 is 8.78 Å². The molecule has 0 aliphatic rings. The Labute approximate surface area is 419 Å². The van der Waals surface area contributed by atoms with Gasteiger partial charge in [-0.25, -0.2) is 8.78 Å². The lowest BCUT2D eigenvalue weighted by molar-refractivity contribution is 0.632. The number of benzene rings is 12. The standard InChI is InChI=1S/C68H50F2N2/c1-43-15-11-19-49(35-43)53-39-59(51-21-13-17-45(3)37-51)67(69)63(41-53)71(55-23-7-5-8-24-55)61-33-29-47-28-32-58-62(34-30-48-27-31-57(61)65(47)66(48)58)72(56-25-9-6-10-26-56)64-42-54(50-20-12-16-44(2)36-50)40-60(68(64)70)52-22-14-18-46(4)38-52/h5-42H,1-4H3. The lowest BCUT2D eigenvalue weighted by Crippen LogP contribution is -2.14. The quantitative estimate of drug-likeness (QED) is 0.126. The first-order chi connectivity index (χ1) is 35.2. The van der Waals surface area contributed by atoms with E-state index >= 15 is 8.78 Å². The second kappa shape index (κ2) is 18.1. The maximum atomic E-state index is 18.0. The van der Waals surface area contributed by atoms with Crippen LogP contribution in [0.2, 0.25) is 0 Å². The highest BCUT2D eigenvalue weighted by atomic mass is 19.1. The molecule has 0 unspecified atom stereocenters. The Hall–Kier alpha value is -8.86. The van der Waals surface area contributed by atoms with Crippen LogP contribution in [0.15, 0.2) is 231 Å². The van der Waals surface area contributed by atoms with Crippen molar-refractivity contribution in [1.82, 2.24) is 0 Å². The first-order valence-corrected chi connectivity index (χ1v) is 24.5. The van der Waals surface area contributed by atoms with Crippen LogP contribution in [0.4, 0.5) is 42.9 Å². The van der Waals surface area contributed by atoms with Crippen molar-refractivity contribution in [3.05, 3.63) is 264 Å². The molecule has 0 N–H and O–H groups in total. The minimum Gasteiger partial charge on any atom is -0.307 e. The van der Waals surface area contributed by atoms with Gasteiger partial charge in [0.1, 0.15) is 0 Å². The van der Waals surface area contributed by atoms with E-state index in [9.17, 15) is 0 Å². The minimum atomic E-state index is -0.313. The number of halogens is 2. The third-order valence-corrected chi connectivity index (χ3v) is 14.1. The molecule has 0 aliphatic heterocycles. The summed E-state index contributed by atoms with van der Waals surface area (Å²) in [5.41, 5.74) is 15.1. The summed E-state index contributed by atoms with van der Waals surface area (Å²) in [4.78, 5) is 4.16. The van der Waals surface area contributed by atoms with Crippen LogP contribution in [0.3, 0.4) is 0 Å². The Morgan fingerprint density at radius 1 is 0.278 bits per heavy atom. The van der Waals surface area contributed by atoms with E-state index in [1.807, 2.05) is 135 Å². The van der Waals surface area contributed by atoms with Crippen molar-refractivity contribution in [2.24, 2.45) is 0 Å². The zero-order valence-corrected chi connectivity index (χ0v) is 40.6. The van der Waals surface area contributed by atoms with E-state index in [2.05, 4.69) is 133 Å². The Balaban J connectivity index is 1.12. The molecule has 12 aromatic carbocycles. The summed E-state index contributed by atoms with van der Waals surface area (Å²) in [5, 5.41) is 6.11. The molecular weight excluding hydrogens is 883 g/mol. The number of nitrogens with zero attached hydrogens (tertiary/aromatic N) is 2. The van der Waals surface area contributed by atoms with Crippen molar-refractivity contribution in [3.63, 3.8) is 0 Å². The second-order valence-electron chi connectivity index (χ2n) is 19.1. The zero-order chi connectivity index (χ0) is 49.0. The van der Waals surface area contributed by atoms with Crippen molar-refractivity contribution in [1.29, 1.82) is 0 Å². The number of hydrogen-bond acceptors (Lipinski definition) is 2. The first kappa shape index (κ1) is 44.4. The Morgan fingerprint density at radius 3 is 1.00 bits per heavy atom. The molecule has 0 bridgehead atoms. The van der Waals surface area contributed by atoms with E-state index in [-0.39, 0.29) is 11.6 Å². The first-order valence-electron chi connectivity index (χ1n) is 24.5. The molecule has 0 amide bonds. The predicted molar refractivity (Wildman–Crippen MR) is 300 cm³/mol. The average molecular weight is 933 g/mol. The molecule has 0 saturated heterocycles. The molecule has 0 spiro atoms. The fourth-order valence-electron chi connectivity index (χ4n) is 10.7. The van der Waals surface area contributed by atoms with Gasteiger partial charge in [-0.1, -0.05) is 192 Å². The summed E-state index contributed by atoms with van der Waals surface area (Å²) in [5.74, 6) is -0.625. The van der Waals surface area contributed by atoms with Crippen molar-refractivity contribution in [3.8, 4) is 44.5 Å². The fourth-order valence-corrected chi connectivity index (χ4v) is 10.7. The predicted octanol–water partition coefficient (Wildman–Crippen LogP) is 19.7. The van der Waals surface area contributed by atoms with Crippen LogP contribution in [-0.2, 0) is 0 Å². The molecule has 0 aromatic heterocycles. The summed E-state index contributed by atoms with van der Waals surface area (Å²) in [6.07, 6.45) is 0. The molecule has 12 aromatic rings. The maximum absolute atomic E-state index is 18.0. The Morgan fingerprint density at radius 2 is 0.625 bits per heavy atom.